The first kappa shape index (κ1) is 11.9. The van der Waals surface area contributed by atoms with Gasteiger partial charge in [-0.05, 0) is 12.1 Å². The molecule has 1 rings (SSSR count). The molecular weight excluding hydrogens is 208 g/mol. The highest BCUT2D eigenvalue weighted by Gasteiger charge is 2.11. The standard InChI is InChI=1S/C11H16N2OS/c1-11(2,3)15-9-6-4-8(5-7-9)10(12)13-14/h4-7,14H,1-3H3,(H2,12,13). The zero-order chi connectivity index (χ0) is 11.5. The van der Waals surface area contributed by atoms with Gasteiger partial charge in [0.2, 0.25) is 0 Å². The monoisotopic (exact) mass is 224 g/mol. The van der Waals surface area contributed by atoms with E-state index in [0.717, 1.165) is 5.56 Å². The first-order valence-electron chi connectivity index (χ1n) is 4.69. The van der Waals surface area contributed by atoms with Crippen LogP contribution >= 0.6 is 11.8 Å². The summed E-state index contributed by atoms with van der Waals surface area (Å²) in [5, 5.41) is 11.5. The molecule has 0 aliphatic heterocycles. The van der Waals surface area contributed by atoms with Gasteiger partial charge in [0.05, 0.1) is 0 Å². The zero-order valence-corrected chi connectivity index (χ0v) is 10.0. The number of nitrogens with two attached hydrogens (primary N) is 1. The summed E-state index contributed by atoms with van der Waals surface area (Å²) in [4.78, 5) is 1.18. The molecule has 0 aliphatic carbocycles. The molecule has 0 spiro atoms. The molecule has 0 bridgehead atoms. The van der Waals surface area contributed by atoms with Crippen molar-refractivity contribution >= 4 is 17.6 Å². The predicted molar refractivity (Wildman–Crippen MR) is 64.6 cm³/mol. The molecule has 3 N–H and O–H groups in total. The van der Waals surface area contributed by atoms with Gasteiger partial charge >= 0.3 is 0 Å². The second-order valence-electron chi connectivity index (χ2n) is 4.22. The summed E-state index contributed by atoms with van der Waals surface area (Å²) < 4.78 is 0.193. The van der Waals surface area contributed by atoms with Crippen LogP contribution in [0.5, 0.6) is 0 Å². The summed E-state index contributed by atoms with van der Waals surface area (Å²) in [5.74, 6) is 0.141. The van der Waals surface area contributed by atoms with Crippen LogP contribution in [0.15, 0.2) is 34.3 Å². The summed E-state index contributed by atoms with van der Waals surface area (Å²) in [6.07, 6.45) is 0. The second-order valence-corrected chi connectivity index (χ2v) is 6.12. The van der Waals surface area contributed by atoms with Crippen molar-refractivity contribution in [3.8, 4) is 0 Å². The first-order valence-corrected chi connectivity index (χ1v) is 5.51. The van der Waals surface area contributed by atoms with Crippen molar-refractivity contribution in [3.63, 3.8) is 0 Å². The van der Waals surface area contributed by atoms with Crippen LogP contribution in [0, 0.1) is 0 Å². The minimum absolute atomic E-state index is 0.141. The van der Waals surface area contributed by atoms with Gasteiger partial charge in [0, 0.05) is 15.2 Å². The summed E-state index contributed by atoms with van der Waals surface area (Å²) in [7, 11) is 0. The van der Waals surface area contributed by atoms with Gasteiger partial charge in [-0.1, -0.05) is 38.1 Å². The van der Waals surface area contributed by atoms with Gasteiger partial charge < -0.3 is 10.9 Å². The Bertz CT molecular complexity index is 352. The molecule has 82 valence electrons. The quantitative estimate of drug-likeness (QED) is 0.267. The summed E-state index contributed by atoms with van der Waals surface area (Å²) in [6.45, 7) is 6.49. The van der Waals surface area contributed by atoms with Crippen molar-refractivity contribution in [2.75, 3.05) is 0 Å². The SMILES string of the molecule is CC(C)(C)Sc1ccc(/C(N)=N/O)cc1. The molecular formula is C11H16N2OS. The number of rotatable bonds is 2. The van der Waals surface area contributed by atoms with Gasteiger partial charge in [0.15, 0.2) is 5.84 Å². The maximum atomic E-state index is 8.50. The Hall–Kier alpha value is -1.16. The molecule has 4 heteroatoms. The molecule has 0 atom stereocenters. The summed E-state index contributed by atoms with van der Waals surface area (Å²) >= 11 is 1.79. The number of thioether (sulfide) groups is 1. The minimum atomic E-state index is 0.141. The van der Waals surface area contributed by atoms with Crippen LogP contribution in [0.2, 0.25) is 0 Å². The molecule has 0 aromatic heterocycles. The van der Waals surface area contributed by atoms with Gasteiger partial charge in [0.25, 0.3) is 0 Å². The maximum absolute atomic E-state index is 8.50. The number of amidine groups is 1. The van der Waals surface area contributed by atoms with Crippen molar-refractivity contribution in [3.05, 3.63) is 29.8 Å². The van der Waals surface area contributed by atoms with E-state index in [0.29, 0.717) is 0 Å². The fourth-order valence-electron chi connectivity index (χ4n) is 1.11. The highest BCUT2D eigenvalue weighted by atomic mass is 32.2. The van der Waals surface area contributed by atoms with E-state index >= 15 is 0 Å². The van der Waals surface area contributed by atoms with Crippen LogP contribution in [0.25, 0.3) is 0 Å². The predicted octanol–water partition coefficient (Wildman–Crippen LogP) is 2.67. The number of nitrogens with zero attached hydrogens (tertiary/aromatic N) is 1. The van der Waals surface area contributed by atoms with Crippen molar-refractivity contribution in [2.24, 2.45) is 10.9 Å². The van der Waals surface area contributed by atoms with E-state index in [2.05, 4.69) is 25.9 Å². The lowest BCUT2D eigenvalue weighted by Gasteiger charge is -2.17. The van der Waals surface area contributed by atoms with Gasteiger partial charge in [-0.25, -0.2) is 0 Å². The molecule has 3 nitrogen and oxygen atoms in total. The molecule has 0 amide bonds. The molecule has 1 aromatic rings. The Morgan fingerprint density at radius 1 is 1.27 bits per heavy atom. The van der Waals surface area contributed by atoms with E-state index in [1.165, 1.54) is 4.90 Å². The molecule has 1 aromatic carbocycles. The van der Waals surface area contributed by atoms with Gasteiger partial charge in [0.1, 0.15) is 0 Å². The molecule has 0 unspecified atom stereocenters. The smallest absolute Gasteiger partial charge is 0.170 e. The molecule has 0 radical (unpaired) electrons. The fourth-order valence-corrected chi connectivity index (χ4v) is 2.08. The third-order valence-electron chi connectivity index (χ3n) is 1.68. The van der Waals surface area contributed by atoms with E-state index in [1.807, 2.05) is 24.3 Å². The maximum Gasteiger partial charge on any atom is 0.170 e. The van der Waals surface area contributed by atoms with Crippen LogP contribution in [0.4, 0.5) is 0 Å². The average Bonchev–Trinajstić information content (AvgIpc) is 2.15. The highest BCUT2D eigenvalue weighted by molar-refractivity contribution is 8.00. The Balaban J connectivity index is 2.82. The molecule has 0 saturated heterocycles. The Morgan fingerprint density at radius 3 is 2.20 bits per heavy atom. The number of hydrogen-bond acceptors (Lipinski definition) is 3. The summed E-state index contributed by atoms with van der Waals surface area (Å²) in [6, 6.07) is 7.65. The summed E-state index contributed by atoms with van der Waals surface area (Å²) in [5.41, 5.74) is 6.20. The number of oxime groups is 1. The average molecular weight is 224 g/mol. The third kappa shape index (κ3) is 3.83. The van der Waals surface area contributed by atoms with Crippen molar-refractivity contribution in [1.82, 2.24) is 0 Å². The van der Waals surface area contributed by atoms with E-state index in [1.54, 1.807) is 11.8 Å². The van der Waals surface area contributed by atoms with E-state index in [4.69, 9.17) is 10.9 Å². The largest absolute Gasteiger partial charge is 0.409 e. The third-order valence-corrected chi connectivity index (χ3v) is 2.80. The van der Waals surface area contributed by atoms with Crippen LogP contribution in [-0.4, -0.2) is 15.8 Å². The first-order chi connectivity index (χ1) is 6.92. The van der Waals surface area contributed by atoms with E-state index in [9.17, 15) is 0 Å². The Kier molecular flexibility index (Phi) is 3.63. The van der Waals surface area contributed by atoms with Crippen LogP contribution in [-0.2, 0) is 0 Å². The molecule has 15 heavy (non-hydrogen) atoms. The van der Waals surface area contributed by atoms with Crippen molar-refractivity contribution in [2.45, 2.75) is 30.4 Å². The fraction of sp³-hybridized carbons (Fsp3) is 0.364. The Labute approximate surface area is 94.4 Å². The lowest BCUT2D eigenvalue weighted by atomic mass is 10.2. The van der Waals surface area contributed by atoms with E-state index in [-0.39, 0.29) is 10.6 Å². The minimum Gasteiger partial charge on any atom is -0.409 e. The van der Waals surface area contributed by atoms with Gasteiger partial charge in [-0.3, -0.25) is 0 Å². The highest BCUT2D eigenvalue weighted by Crippen LogP contribution is 2.31. The van der Waals surface area contributed by atoms with Crippen LogP contribution in [0.1, 0.15) is 26.3 Å². The molecule has 0 fully saturated rings. The Morgan fingerprint density at radius 2 is 1.80 bits per heavy atom. The van der Waals surface area contributed by atoms with E-state index < -0.39 is 0 Å². The molecule has 0 saturated carbocycles. The van der Waals surface area contributed by atoms with Crippen molar-refractivity contribution < 1.29 is 5.21 Å². The topological polar surface area (TPSA) is 58.6 Å². The van der Waals surface area contributed by atoms with Crippen LogP contribution < -0.4 is 5.73 Å². The zero-order valence-electron chi connectivity index (χ0n) is 9.19. The van der Waals surface area contributed by atoms with Gasteiger partial charge in [-0.2, -0.15) is 0 Å². The lowest BCUT2D eigenvalue weighted by molar-refractivity contribution is 0.318. The number of benzene rings is 1. The number of hydrogen-bond donors (Lipinski definition) is 2. The van der Waals surface area contributed by atoms with Crippen LogP contribution in [0.3, 0.4) is 0 Å². The normalized spacial score (nSPS) is 12.9. The van der Waals surface area contributed by atoms with Crippen molar-refractivity contribution in [1.29, 1.82) is 0 Å². The van der Waals surface area contributed by atoms with Gasteiger partial charge in [-0.15, -0.1) is 11.8 Å². The molecule has 0 heterocycles. The second kappa shape index (κ2) is 4.57. The lowest BCUT2D eigenvalue weighted by Crippen LogP contribution is -2.12. The molecule has 0 aliphatic rings.